The minimum atomic E-state index is -0.436. The maximum atomic E-state index is 12.0. The summed E-state index contributed by atoms with van der Waals surface area (Å²) in [6.45, 7) is 4.86. The second kappa shape index (κ2) is 6.34. The van der Waals surface area contributed by atoms with Crippen LogP contribution >= 0.6 is 0 Å². The molecule has 9 nitrogen and oxygen atoms in total. The predicted molar refractivity (Wildman–Crippen MR) is 79.4 cm³/mol. The molecule has 0 aliphatic heterocycles. The van der Waals surface area contributed by atoms with Gasteiger partial charge in [-0.15, -0.1) is 0 Å². The second-order valence-corrected chi connectivity index (χ2v) is 4.92. The Morgan fingerprint density at radius 3 is 2.91 bits per heavy atom. The molecule has 1 amide bonds. The Hall–Kier alpha value is -3.10. The zero-order valence-electron chi connectivity index (χ0n) is 12.7. The van der Waals surface area contributed by atoms with E-state index in [2.05, 4.69) is 30.5 Å². The first-order valence-corrected chi connectivity index (χ1v) is 7.03. The summed E-state index contributed by atoms with van der Waals surface area (Å²) in [7, 11) is 0. The van der Waals surface area contributed by atoms with Crippen LogP contribution in [0.5, 0.6) is 0 Å². The fourth-order valence-electron chi connectivity index (χ4n) is 2.09. The molecule has 118 valence electrons. The first kappa shape index (κ1) is 14.8. The van der Waals surface area contributed by atoms with Crippen LogP contribution in [-0.4, -0.2) is 42.3 Å². The van der Waals surface area contributed by atoms with Crippen molar-refractivity contribution in [2.24, 2.45) is 0 Å². The molecule has 0 aliphatic carbocycles. The standard InChI is InChI=1S/C14H15N7O2/c1-9-7-10(2)21(19-9)6-5-17-13(22)14-18-12(20-23-14)11-8-15-3-4-16-11/h3-4,7-8H,5-6H2,1-2H3,(H,17,22). The fourth-order valence-corrected chi connectivity index (χ4v) is 2.09. The highest BCUT2D eigenvalue weighted by molar-refractivity contribution is 5.89. The van der Waals surface area contributed by atoms with Gasteiger partial charge in [0.15, 0.2) is 0 Å². The maximum absolute atomic E-state index is 12.0. The van der Waals surface area contributed by atoms with Gasteiger partial charge in [0, 0.05) is 24.6 Å². The lowest BCUT2D eigenvalue weighted by Crippen LogP contribution is -2.28. The topological polar surface area (TPSA) is 112 Å². The van der Waals surface area contributed by atoms with Crippen molar-refractivity contribution in [3.8, 4) is 11.5 Å². The molecular weight excluding hydrogens is 298 g/mol. The number of hydrogen-bond acceptors (Lipinski definition) is 7. The van der Waals surface area contributed by atoms with E-state index >= 15 is 0 Å². The van der Waals surface area contributed by atoms with Crippen molar-refractivity contribution in [1.82, 2.24) is 35.2 Å². The molecule has 23 heavy (non-hydrogen) atoms. The Balaban J connectivity index is 1.59. The summed E-state index contributed by atoms with van der Waals surface area (Å²) in [6.07, 6.45) is 4.55. The SMILES string of the molecule is Cc1cc(C)n(CCNC(=O)c2nc(-c3cnccn3)no2)n1. The number of nitrogens with one attached hydrogen (secondary N) is 1. The van der Waals surface area contributed by atoms with E-state index in [1.165, 1.54) is 18.6 Å². The van der Waals surface area contributed by atoms with Crippen LogP contribution in [0.4, 0.5) is 0 Å². The highest BCUT2D eigenvalue weighted by atomic mass is 16.5. The molecule has 0 radical (unpaired) electrons. The van der Waals surface area contributed by atoms with Crippen molar-refractivity contribution in [3.63, 3.8) is 0 Å². The highest BCUT2D eigenvalue weighted by Crippen LogP contribution is 2.10. The third-order valence-corrected chi connectivity index (χ3v) is 3.13. The number of amides is 1. The van der Waals surface area contributed by atoms with Crippen LogP contribution in [0.3, 0.4) is 0 Å². The van der Waals surface area contributed by atoms with E-state index in [0.29, 0.717) is 18.8 Å². The van der Waals surface area contributed by atoms with Gasteiger partial charge in [-0.2, -0.15) is 10.1 Å². The second-order valence-electron chi connectivity index (χ2n) is 4.92. The lowest BCUT2D eigenvalue weighted by molar-refractivity contribution is 0.0908. The number of nitrogens with zero attached hydrogens (tertiary/aromatic N) is 6. The van der Waals surface area contributed by atoms with Crippen molar-refractivity contribution >= 4 is 5.91 Å². The third kappa shape index (κ3) is 3.39. The van der Waals surface area contributed by atoms with Crippen molar-refractivity contribution in [2.75, 3.05) is 6.54 Å². The van der Waals surface area contributed by atoms with E-state index in [1.54, 1.807) is 0 Å². The van der Waals surface area contributed by atoms with Gasteiger partial charge in [-0.25, -0.2) is 4.98 Å². The smallest absolute Gasteiger partial charge is 0.316 e. The molecule has 0 bridgehead atoms. The average Bonchev–Trinajstić information content (AvgIpc) is 3.15. The summed E-state index contributed by atoms with van der Waals surface area (Å²) in [4.78, 5) is 24.0. The predicted octanol–water partition coefficient (Wildman–Crippen LogP) is 0.770. The van der Waals surface area contributed by atoms with Gasteiger partial charge in [0.25, 0.3) is 0 Å². The molecule has 0 saturated heterocycles. The van der Waals surface area contributed by atoms with Gasteiger partial charge in [0.2, 0.25) is 5.82 Å². The van der Waals surface area contributed by atoms with E-state index in [4.69, 9.17) is 4.52 Å². The van der Waals surface area contributed by atoms with Gasteiger partial charge >= 0.3 is 11.8 Å². The van der Waals surface area contributed by atoms with Gasteiger partial charge in [-0.3, -0.25) is 14.5 Å². The van der Waals surface area contributed by atoms with E-state index in [1.807, 2.05) is 24.6 Å². The molecule has 0 saturated carbocycles. The van der Waals surface area contributed by atoms with Crippen molar-refractivity contribution in [2.45, 2.75) is 20.4 Å². The number of hydrogen-bond donors (Lipinski definition) is 1. The van der Waals surface area contributed by atoms with Gasteiger partial charge < -0.3 is 9.84 Å². The number of rotatable bonds is 5. The highest BCUT2D eigenvalue weighted by Gasteiger charge is 2.16. The van der Waals surface area contributed by atoms with Crippen LogP contribution in [0.2, 0.25) is 0 Å². The van der Waals surface area contributed by atoms with E-state index in [9.17, 15) is 4.79 Å². The molecule has 0 spiro atoms. The summed E-state index contributed by atoms with van der Waals surface area (Å²) in [5, 5.41) is 10.8. The van der Waals surface area contributed by atoms with Gasteiger partial charge in [-0.1, -0.05) is 5.16 Å². The van der Waals surface area contributed by atoms with E-state index in [0.717, 1.165) is 11.4 Å². The molecule has 3 heterocycles. The monoisotopic (exact) mass is 313 g/mol. The van der Waals surface area contributed by atoms with Gasteiger partial charge in [-0.05, 0) is 19.9 Å². The number of carbonyl (C=O) groups is 1. The molecule has 3 rings (SSSR count). The lowest BCUT2D eigenvalue weighted by Gasteiger charge is -2.04. The first-order valence-electron chi connectivity index (χ1n) is 7.03. The van der Waals surface area contributed by atoms with Crippen LogP contribution in [0, 0.1) is 13.8 Å². The Kier molecular flexibility index (Phi) is 4.09. The molecule has 0 aromatic carbocycles. The molecule has 0 aliphatic rings. The van der Waals surface area contributed by atoms with Crippen molar-refractivity contribution in [1.29, 1.82) is 0 Å². The third-order valence-electron chi connectivity index (χ3n) is 3.13. The Morgan fingerprint density at radius 2 is 2.22 bits per heavy atom. The molecule has 1 N–H and O–H groups in total. The number of aryl methyl sites for hydroxylation is 2. The first-order chi connectivity index (χ1) is 11.1. The Morgan fingerprint density at radius 1 is 1.35 bits per heavy atom. The van der Waals surface area contributed by atoms with Crippen LogP contribution in [0.25, 0.3) is 11.5 Å². The van der Waals surface area contributed by atoms with Crippen molar-refractivity contribution in [3.05, 3.63) is 41.9 Å². The molecule has 0 atom stereocenters. The van der Waals surface area contributed by atoms with Gasteiger partial charge in [0.1, 0.15) is 5.69 Å². The minimum absolute atomic E-state index is 0.112. The van der Waals surface area contributed by atoms with Crippen LogP contribution in [0.1, 0.15) is 22.1 Å². The molecule has 0 unspecified atom stereocenters. The Bertz CT molecular complexity index is 810. The summed E-state index contributed by atoms with van der Waals surface area (Å²) in [5.41, 5.74) is 2.43. The van der Waals surface area contributed by atoms with Crippen LogP contribution < -0.4 is 5.32 Å². The molecule has 9 heteroatoms. The van der Waals surface area contributed by atoms with Crippen LogP contribution in [-0.2, 0) is 6.54 Å². The average molecular weight is 313 g/mol. The number of carbonyl (C=O) groups excluding carboxylic acids is 1. The summed E-state index contributed by atoms with van der Waals surface area (Å²) in [6, 6.07) is 1.98. The van der Waals surface area contributed by atoms with E-state index < -0.39 is 5.91 Å². The quantitative estimate of drug-likeness (QED) is 0.740. The minimum Gasteiger partial charge on any atom is -0.346 e. The Labute approximate surface area is 131 Å². The van der Waals surface area contributed by atoms with Crippen LogP contribution in [0.15, 0.2) is 29.2 Å². The van der Waals surface area contributed by atoms with Crippen molar-refractivity contribution < 1.29 is 9.32 Å². The molecule has 3 aromatic heterocycles. The zero-order chi connectivity index (χ0) is 16.2. The summed E-state index contributed by atoms with van der Waals surface area (Å²) in [5.74, 6) is -0.324. The fraction of sp³-hybridized carbons (Fsp3) is 0.286. The number of aromatic nitrogens is 6. The normalized spacial score (nSPS) is 10.7. The molecular formula is C14H15N7O2. The maximum Gasteiger partial charge on any atom is 0.316 e. The lowest BCUT2D eigenvalue weighted by atomic mass is 10.4. The summed E-state index contributed by atoms with van der Waals surface area (Å²) >= 11 is 0. The van der Waals surface area contributed by atoms with E-state index in [-0.39, 0.29) is 11.7 Å². The zero-order valence-corrected chi connectivity index (χ0v) is 12.7. The summed E-state index contributed by atoms with van der Waals surface area (Å²) < 4.78 is 6.78. The molecule has 3 aromatic rings. The van der Waals surface area contributed by atoms with Gasteiger partial charge in [0.05, 0.1) is 18.4 Å². The largest absolute Gasteiger partial charge is 0.346 e. The molecule has 0 fully saturated rings.